The van der Waals surface area contributed by atoms with Crippen LogP contribution in [0.4, 0.5) is 14.6 Å². The summed E-state index contributed by atoms with van der Waals surface area (Å²) in [5.41, 5.74) is 1.86. The molecule has 0 spiro atoms. The van der Waals surface area contributed by atoms with Crippen molar-refractivity contribution in [2.45, 2.75) is 13.3 Å². The molecule has 0 unspecified atom stereocenters. The van der Waals surface area contributed by atoms with E-state index in [0.29, 0.717) is 13.0 Å². The van der Waals surface area contributed by atoms with Crippen LogP contribution in [-0.4, -0.2) is 16.5 Å². The largest absolute Gasteiger partial charge is 0.367 e. The van der Waals surface area contributed by atoms with Gasteiger partial charge in [0.1, 0.15) is 5.82 Å². The Labute approximate surface area is 114 Å². The number of anilines is 1. The second-order valence-corrected chi connectivity index (χ2v) is 4.42. The molecule has 100 valence electrons. The average Bonchev–Trinajstić information content (AvgIpc) is 2.36. The Balaban J connectivity index is 1.98. The molecule has 0 fully saturated rings. The highest BCUT2D eigenvalue weighted by molar-refractivity contribution is 6.28. The van der Waals surface area contributed by atoms with Crippen molar-refractivity contribution in [1.29, 1.82) is 0 Å². The molecular weight excluding hydrogens is 272 g/mol. The van der Waals surface area contributed by atoms with Gasteiger partial charge in [0, 0.05) is 6.54 Å². The van der Waals surface area contributed by atoms with Gasteiger partial charge in [0.15, 0.2) is 11.6 Å². The van der Waals surface area contributed by atoms with E-state index >= 15 is 0 Å². The second kappa shape index (κ2) is 5.93. The number of nitrogens with zero attached hydrogens (tertiary/aromatic N) is 2. The first-order chi connectivity index (χ1) is 9.06. The summed E-state index contributed by atoms with van der Waals surface area (Å²) < 4.78 is 26.3. The van der Waals surface area contributed by atoms with Crippen molar-refractivity contribution in [3.8, 4) is 0 Å². The monoisotopic (exact) mass is 283 g/mol. The number of aryl methyl sites for hydroxylation is 1. The summed E-state index contributed by atoms with van der Waals surface area (Å²) in [5, 5.41) is 2.83. The van der Waals surface area contributed by atoms with Crippen molar-refractivity contribution in [3.63, 3.8) is 0 Å². The van der Waals surface area contributed by atoms with E-state index in [0.717, 1.165) is 17.3 Å². The van der Waals surface area contributed by atoms with Crippen molar-refractivity contribution in [2.24, 2.45) is 0 Å². The zero-order chi connectivity index (χ0) is 13.8. The molecule has 0 saturated carbocycles. The van der Waals surface area contributed by atoms with Crippen molar-refractivity contribution in [1.82, 2.24) is 9.97 Å². The van der Waals surface area contributed by atoms with Crippen LogP contribution in [0.25, 0.3) is 0 Å². The van der Waals surface area contributed by atoms with Gasteiger partial charge in [-0.2, -0.15) is 4.98 Å². The fraction of sp³-hybridized carbons (Fsp3) is 0.231. The van der Waals surface area contributed by atoms with Crippen LogP contribution in [0.2, 0.25) is 5.28 Å². The molecule has 0 saturated heterocycles. The third kappa shape index (κ3) is 3.61. The lowest BCUT2D eigenvalue weighted by atomic mass is 10.1. The van der Waals surface area contributed by atoms with Crippen LogP contribution in [0.1, 0.15) is 11.1 Å². The molecule has 2 aromatic rings. The average molecular weight is 284 g/mol. The normalized spacial score (nSPS) is 10.5. The van der Waals surface area contributed by atoms with Gasteiger partial charge >= 0.3 is 0 Å². The summed E-state index contributed by atoms with van der Waals surface area (Å²) in [5.74, 6) is -0.747. The Morgan fingerprint density at radius 1 is 1.32 bits per heavy atom. The maximum Gasteiger partial charge on any atom is 0.224 e. The van der Waals surface area contributed by atoms with Gasteiger partial charge in [-0.05, 0) is 48.2 Å². The highest BCUT2D eigenvalue weighted by Gasteiger charge is 2.06. The first-order valence-corrected chi connectivity index (χ1v) is 6.11. The molecule has 19 heavy (non-hydrogen) atoms. The van der Waals surface area contributed by atoms with Gasteiger partial charge in [0.2, 0.25) is 5.28 Å². The van der Waals surface area contributed by atoms with Crippen LogP contribution in [-0.2, 0) is 6.42 Å². The number of rotatable bonds is 4. The summed E-state index contributed by atoms with van der Waals surface area (Å²) in [6, 6.07) is 4.59. The summed E-state index contributed by atoms with van der Waals surface area (Å²) >= 11 is 5.58. The number of halogens is 3. The molecule has 6 heteroatoms. The SMILES string of the molecule is Cc1cc(F)ccc1CCNc1nc(Cl)ncc1F. The number of benzene rings is 1. The molecule has 2 rings (SSSR count). The maximum absolute atomic E-state index is 13.3. The van der Waals surface area contributed by atoms with Crippen LogP contribution in [0.5, 0.6) is 0 Å². The van der Waals surface area contributed by atoms with Gasteiger partial charge in [-0.3, -0.25) is 0 Å². The molecule has 1 aromatic heterocycles. The van der Waals surface area contributed by atoms with Gasteiger partial charge in [0.25, 0.3) is 0 Å². The van der Waals surface area contributed by atoms with Gasteiger partial charge in [-0.15, -0.1) is 0 Å². The van der Waals surface area contributed by atoms with Crippen LogP contribution in [0, 0.1) is 18.6 Å². The van der Waals surface area contributed by atoms with Crippen LogP contribution >= 0.6 is 11.6 Å². The topological polar surface area (TPSA) is 37.8 Å². The zero-order valence-corrected chi connectivity index (χ0v) is 11.0. The lowest BCUT2D eigenvalue weighted by Crippen LogP contribution is -2.09. The Morgan fingerprint density at radius 2 is 2.11 bits per heavy atom. The Hall–Kier alpha value is -1.75. The van der Waals surface area contributed by atoms with E-state index in [-0.39, 0.29) is 16.9 Å². The fourth-order valence-electron chi connectivity index (χ4n) is 1.72. The van der Waals surface area contributed by atoms with E-state index in [4.69, 9.17) is 11.6 Å². The van der Waals surface area contributed by atoms with E-state index in [1.807, 2.05) is 6.92 Å². The number of hydrogen-bond donors (Lipinski definition) is 1. The molecule has 1 heterocycles. The molecule has 0 radical (unpaired) electrons. The second-order valence-electron chi connectivity index (χ2n) is 4.08. The third-order valence-corrected chi connectivity index (χ3v) is 2.89. The Morgan fingerprint density at radius 3 is 2.84 bits per heavy atom. The molecule has 0 aliphatic heterocycles. The fourth-order valence-corrected chi connectivity index (χ4v) is 1.86. The van der Waals surface area contributed by atoms with Gasteiger partial charge in [-0.25, -0.2) is 13.8 Å². The molecule has 0 aliphatic rings. The lowest BCUT2D eigenvalue weighted by Gasteiger charge is -2.08. The van der Waals surface area contributed by atoms with Crippen molar-refractivity contribution in [3.05, 3.63) is 52.4 Å². The van der Waals surface area contributed by atoms with E-state index < -0.39 is 5.82 Å². The number of aromatic nitrogens is 2. The van der Waals surface area contributed by atoms with Crippen molar-refractivity contribution in [2.75, 3.05) is 11.9 Å². The first-order valence-electron chi connectivity index (χ1n) is 5.73. The minimum absolute atomic E-state index is 0.0122. The van der Waals surface area contributed by atoms with Crippen LogP contribution < -0.4 is 5.32 Å². The molecule has 1 N–H and O–H groups in total. The number of nitrogens with one attached hydrogen (secondary N) is 1. The standard InChI is InChI=1S/C13H12ClF2N3/c1-8-6-10(15)3-2-9(8)4-5-17-12-11(16)7-18-13(14)19-12/h2-3,6-7H,4-5H2,1H3,(H,17,18,19). The molecule has 0 amide bonds. The van der Waals surface area contributed by atoms with Crippen LogP contribution in [0.15, 0.2) is 24.4 Å². The molecule has 1 aromatic carbocycles. The molecular formula is C13H12ClF2N3. The van der Waals surface area contributed by atoms with Gasteiger partial charge in [-0.1, -0.05) is 6.07 Å². The summed E-state index contributed by atoms with van der Waals surface area (Å²) in [4.78, 5) is 7.28. The van der Waals surface area contributed by atoms with Gasteiger partial charge < -0.3 is 5.32 Å². The van der Waals surface area contributed by atoms with Crippen molar-refractivity contribution < 1.29 is 8.78 Å². The smallest absolute Gasteiger partial charge is 0.224 e. The molecule has 0 bridgehead atoms. The summed E-state index contributed by atoms with van der Waals surface area (Å²) in [6.07, 6.45) is 1.65. The number of hydrogen-bond acceptors (Lipinski definition) is 3. The lowest BCUT2D eigenvalue weighted by molar-refractivity contribution is 0.616. The summed E-state index contributed by atoms with van der Waals surface area (Å²) in [7, 11) is 0. The third-order valence-electron chi connectivity index (χ3n) is 2.71. The highest BCUT2D eigenvalue weighted by atomic mass is 35.5. The van der Waals surface area contributed by atoms with E-state index in [1.165, 1.54) is 12.1 Å². The Kier molecular flexibility index (Phi) is 4.27. The summed E-state index contributed by atoms with van der Waals surface area (Å²) in [6.45, 7) is 2.30. The van der Waals surface area contributed by atoms with E-state index in [9.17, 15) is 8.78 Å². The van der Waals surface area contributed by atoms with Crippen LogP contribution in [0.3, 0.4) is 0 Å². The zero-order valence-electron chi connectivity index (χ0n) is 10.3. The van der Waals surface area contributed by atoms with E-state index in [1.54, 1.807) is 6.07 Å². The minimum Gasteiger partial charge on any atom is -0.367 e. The maximum atomic E-state index is 13.3. The minimum atomic E-state index is -0.555. The van der Waals surface area contributed by atoms with E-state index in [2.05, 4.69) is 15.3 Å². The molecule has 0 atom stereocenters. The Bertz CT molecular complexity index is 590. The predicted molar refractivity (Wildman–Crippen MR) is 70.3 cm³/mol. The van der Waals surface area contributed by atoms with Crippen molar-refractivity contribution >= 4 is 17.4 Å². The molecule has 0 aliphatic carbocycles. The quantitative estimate of drug-likeness (QED) is 0.874. The highest BCUT2D eigenvalue weighted by Crippen LogP contribution is 2.14. The van der Waals surface area contributed by atoms with Gasteiger partial charge in [0.05, 0.1) is 6.20 Å². The predicted octanol–water partition coefficient (Wildman–Crippen LogP) is 3.37. The first kappa shape index (κ1) is 13.7. The molecule has 3 nitrogen and oxygen atoms in total.